The molecule has 1 rings (SSSR count). The van der Waals surface area contributed by atoms with Crippen molar-refractivity contribution in [3.63, 3.8) is 0 Å². The summed E-state index contributed by atoms with van der Waals surface area (Å²) in [6, 6.07) is 0. The van der Waals surface area contributed by atoms with E-state index in [1.165, 1.54) is 36.5 Å². The van der Waals surface area contributed by atoms with E-state index >= 15 is 0 Å². The van der Waals surface area contributed by atoms with Crippen LogP contribution in [0.2, 0.25) is 0 Å². The van der Waals surface area contributed by atoms with Crippen LogP contribution in [0.5, 0.6) is 0 Å². The molecule has 36 heavy (non-hydrogen) atoms. The van der Waals surface area contributed by atoms with Crippen LogP contribution in [-0.2, 0) is 9.59 Å². The zero-order valence-corrected chi connectivity index (χ0v) is 23.1. The van der Waals surface area contributed by atoms with Crippen molar-refractivity contribution >= 4 is 11.9 Å². The number of carbonyl (C=O) groups is 2. The second kappa shape index (κ2) is 15.8. The Morgan fingerprint density at radius 2 is 1.72 bits per heavy atom. The first-order chi connectivity index (χ1) is 17.0. The van der Waals surface area contributed by atoms with E-state index in [0.29, 0.717) is 11.1 Å². The number of carboxylic acids is 1. The van der Waals surface area contributed by atoms with E-state index < -0.39 is 11.9 Å². The molecule has 4 nitrogen and oxygen atoms in total. The first kappa shape index (κ1) is 30.9. The Hall–Kier alpha value is -3.14. The van der Waals surface area contributed by atoms with Crippen LogP contribution in [0.3, 0.4) is 0 Å². The standard InChI is InChI=1S/C32H45NO3/c1-7-8-9-10-18-27(19-11-12-20-29(34)35)30(31(33)36)26(4)16-13-15-24(2)21-22-28-25(3)17-14-23-32(28,5)6/h11-13,15-16,18-22H,7-10,14,17,23H2,1-6H3,(H2,33,36)(H,34,35)/b16-13?,19-11?,20-12?,22-21?,24-15?,27-18-,30-26?. The predicted molar refractivity (Wildman–Crippen MR) is 152 cm³/mol. The summed E-state index contributed by atoms with van der Waals surface area (Å²) in [6.45, 7) is 12.9. The molecule has 1 aliphatic rings. The van der Waals surface area contributed by atoms with Gasteiger partial charge in [0.15, 0.2) is 0 Å². The highest BCUT2D eigenvalue weighted by Crippen LogP contribution is 2.40. The van der Waals surface area contributed by atoms with Crippen molar-refractivity contribution in [2.45, 2.75) is 86.5 Å². The molecule has 0 atom stereocenters. The van der Waals surface area contributed by atoms with E-state index in [1.807, 2.05) is 31.2 Å². The topological polar surface area (TPSA) is 80.4 Å². The third kappa shape index (κ3) is 11.1. The Labute approximate surface area is 218 Å². The summed E-state index contributed by atoms with van der Waals surface area (Å²) < 4.78 is 0. The smallest absolute Gasteiger partial charge is 0.328 e. The lowest BCUT2D eigenvalue weighted by atomic mass is 9.72. The lowest BCUT2D eigenvalue weighted by Crippen LogP contribution is -2.19. The van der Waals surface area contributed by atoms with Gasteiger partial charge in [-0.25, -0.2) is 4.79 Å². The molecule has 0 aromatic rings. The molecule has 3 N–H and O–H groups in total. The number of carboxylic acid groups (broad SMARTS) is 1. The van der Waals surface area contributed by atoms with Crippen LogP contribution in [0.4, 0.5) is 0 Å². The van der Waals surface area contributed by atoms with E-state index in [0.717, 1.165) is 42.9 Å². The number of rotatable bonds is 13. The van der Waals surface area contributed by atoms with Crippen LogP contribution in [0.25, 0.3) is 0 Å². The largest absolute Gasteiger partial charge is 0.478 e. The Balaban J connectivity index is 3.20. The molecular weight excluding hydrogens is 446 g/mol. The van der Waals surface area contributed by atoms with Gasteiger partial charge in [0.25, 0.3) is 0 Å². The lowest BCUT2D eigenvalue weighted by molar-refractivity contribution is -0.131. The third-order valence-corrected chi connectivity index (χ3v) is 6.49. The number of hydrogen-bond acceptors (Lipinski definition) is 2. The van der Waals surface area contributed by atoms with Gasteiger partial charge in [-0.2, -0.15) is 0 Å². The summed E-state index contributed by atoms with van der Waals surface area (Å²) in [5.41, 5.74) is 11.9. The number of amides is 1. The van der Waals surface area contributed by atoms with Gasteiger partial charge in [0.2, 0.25) is 5.91 Å². The average Bonchev–Trinajstić information content (AvgIpc) is 2.78. The number of hydrogen-bond donors (Lipinski definition) is 2. The lowest BCUT2D eigenvalue weighted by Gasteiger charge is -2.32. The van der Waals surface area contributed by atoms with E-state index in [1.54, 1.807) is 12.2 Å². The monoisotopic (exact) mass is 491 g/mol. The van der Waals surface area contributed by atoms with Gasteiger partial charge in [0.1, 0.15) is 0 Å². The maximum Gasteiger partial charge on any atom is 0.328 e. The minimum atomic E-state index is -1.02. The Morgan fingerprint density at radius 1 is 1.03 bits per heavy atom. The predicted octanol–water partition coefficient (Wildman–Crippen LogP) is 8.08. The molecule has 0 unspecified atom stereocenters. The van der Waals surface area contributed by atoms with Crippen LogP contribution in [0, 0.1) is 5.41 Å². The van der Waals surface area contributed by atoms with Crippen molar-refractivity contribution < 1.29 is 14.7 Å². The number of aliphatic carboxylic acids is 1. The summed E-state index contributed by atoms with van der Waals surface area (Å²) in [4.78, 5) is 23.1. The minimum absolute atomic E-state index is 0.206. The molecule has 0 saturated heterocycles. The van der Waals surface area contributed by atoms with Crippen molar-refractivity contribution in [1.82, 2.24) is 0 Å². The molecule has 1 aliphatic carbocycles. The molecule has 0 aliphatic heterocycles. The number of allylic oxidation sites excluding steroid dienone is 13. The Kier molecular flexibility index (Phi) is 13.5. The molecular formula is C32H45NO3. The third-order valence-electron chi connectivity index (χ3n) is 6.49. The minimum Gasteiger partial charge on any atom is -0.478 e. The van der Waals surface area contributed by atoms with Gasteiger partial charge >= 0.3 is 5.97 Å². The van der Waals surface area contributed by atoms with E-state index in [9.17, 15) is 9.59 Å². The fraction of sp³-hybridized carbons (Fsp3) is 0.438. The van der Waals surface area contributed by atoms with Crippen molar-refractivity contribution in [3.05, 3.63) is 94.2 Å². The SMILES string of the molecule is CCCCC/C=C(/C=CC=CC(=O)O)C(C(N)=O)=C(C)C=CC=C(C)C=CC1=C(C)CCCC1(C)C. The van der Waals surface area contributed by atoms with E-state index in [4.69, 9.17) is 10.8 Å². The van der Waals surface area contributed by atoms with Gasteiger partial charge in [0, 0.05) is 11.6 Å². The average molecular weight is 492 g/mol. The molecule has 0 radical (unpaired) electrons. The van der Waals surface area contributed by atoms with Crippen LogP contribution in [-0.4, -0.2) is 17.0 Å². The molecule has 0 spiro atoms. The maximum absolute atomic E-state index is 12.4. The van der Waals surface area contributed by atoms with Gasteiger partial charge in [-0.1, -0.05) is 99.4 Å². The molecule has 196 valence electrons. The first-order valence-electron chi connectivity index (χ1n) is 13.0. The van der Waals surface area contributed by atoms with Gasteiger partial charge in [-0.3, -0.25) is 4.79 Å². The van der Waals surface area contributed by atoms with Gasteiger partial charge in [-0.05, 0) is 75.0 Å². The summed E-state index contributed by atoms with van der Waals surface area (Å²) in [6.07, 6.45) is 25.8. The van der Waals surface area contributed by atoms with Crippen LogP contribution in [0.15, 0.2) is 94.2 Å². The highest BCUT2D eigenvalue weighted by Gasteiger charge is 2.26. The fourth-order valence-corrected chi connectivity index (χ4v) is 4.47. The Morgan fingerprint density at radius 3 is 2.33 bits per heavy atom. The fourth-order valence-electron chi connectivity index (χ4n) is 4.47. The van der Waals surface area contributed by atoms with Crippen LogP contribution >= 0.6 is 0 Å². The summed E-state index contributed by atoms with van der Waals surface area (Å²) in [5.74, 6) is -1.53. The molecule has 0 fully saturated rings. The van der Waals surface area contributed by atoms with Crippen LogP contribution < -0.4 is 5.73 Å². The summed E-state index contributed by atoms with van der Waals surface area (Å²) >= 11 is 0. The van der Waals surface area contributed by atoms with Gasteiger partial charge < -0.3 is 10.8 Å². The van der Waals surface area contributed by atoms with Crippen molar-refractivity contribution in [3.8, 4) is 0 Å². The quantitative estimate of drug-likeness (QED) is 0.155. The first-order valence-corrected chi connectivity index (χ1v) is 13.0. The second-order valence-corrected chi connectivity index (χ2v) is 10.2. The van der Waals surface area contributed by atoms with Crippen LogP contribution in [0.1, 0.15) is 86.5 Å². The molecule has 4 heteroatoms. The van der Waals surface area contributed by atoms with E-state index in [2.05, 4.69) is 46.8 Å². The molecule has 0 aromatic heterocycles. The number of primary amides is 1. The van der Waals surface area contributed by atoms with Crippen molar-refractivity contribution in [2.24, 2.45) is 11.1 Å². The molecule has 0 bridgehead atoms. The number of carbonyl (C=O) groups excluding carboxylic acids is 1. The van der Waals surface area contributed by atoms with Crippen molar-refractivity contribution in [1.29, 1.82) is 0 Å². The summed E-state index contributed by atoms with van der Waals surface area (Å²) in [7, 11) is 0. The molecule has 0 aromatic carbocycles. The molecule has 0 heterocycles. The van der Waals surface area contributed by atoms with E-state index in [-0.39, 0.29) is 5.41 Å². The normalized spacial score (nSPS) is 18.2. The van der Waals surface area contributed by atoms with Crippen molar-refractivity contribution in [2.75, 3.05) is 0 Å². The maximum atomic E-state index is 12.4. The zero-order valence-electron chi connectivity index (χ0n) is 23.1. The Bertz CT molecular complexity index is 1020. The van der Waals surface area contributed by atoms with Gasteiger partial charge in [-0.15, -0.1) is 0 Å². The van der Waals surface area contributed by atoms with Gasteiger partial charge in [0.05, 0.1) is 0 Å². The highest BCUT2D eigenvalue weighted by molar-refractivity contribution is 5.98. The molecule has 0 saturated carbocycles. The number of nitrogens with two attached hydrogens (primary N) is 1. The summed E-state index contributed by atoms with van der Waals surface area (Å²) in [5, 5.41) is 8.82. The highest BCUT2D eigenvalue weighted by atomic mass is 16.4. The second-order valence-electron chi connectivity index (χ2n) is 10.2. The molecule has 1 amide bonds. The zero-order chi connectivity index (χ0) is 27.1. The number of unbranched alkanes of at least 4 members (excludes halogenated alkanes) is 3.